The highest BCUT2D eigenvalue weighted by molar-refractivity contribution is 7.18. The number of nitrogens with zero attached hydrogens (tertiary/aromatic N) is 1. The summed E-state index contributed by atoms with van der Waals surface area (Å²) in [5.74, 6) is -2.72. The summed E-state index contributed by atoms with van der Waals surface area (Å²) in [4.78, 5) is 37.0. The average Bonchev–Trinajstić information content (AvgIpc) is 3.14. The molecule has 8 nitrogen and oxygen atoms in total. The smallest absolute Gasteiger partial charge is 0.349 e. The number of carbonyl (C=O) groups excluding carboxylic acids is 1. The van der Waals surface area contributed by atoms with Gasteiger partial charge in [0.2, 0.25) is 0 Å². The molecule has 10 heteroatoms. The van der Waals surface area contributed by atoms with Crippen LogP contribution in [-0.2, 0) is 11.3 Å². The van der Waals surface area contributed by atoms with Crippen LogP contribution in [0, 0.1) is 0 Å². The molecule has 3 N–H and O–H groups in total. The number of benzene rings is 2. The standard InChI is InChI=1S/C23H21ClN2O6S/c1-2-26(23(31)25-12-14-7-4-3-5-8-14)16-10-6-9-15(11-16)20-18(24)19(32-13-17(27)28)21(33-20)22(29)30/h3-11H,2,12-13H2,1H3,(H,25,31)(H,27,28)(H,29,30). The van der Waals surface area contributed by atoms with Gasteiger partial charge in [-0.2, -0.15) is 0 Å². The molecule has 0 aliphatic heterocycles. The molecular weight excluding hydrogens is 468 g/mol. The zero-order valence-electron chi connectivity index (χ0n) is 17.6. The van der Waals surface area contributed by atoms with Crippen LogP contribution in [0.25, 0.3) is 10.4 Å². The Morgan fingerprint density at radius 2 is 1.82 bits per heavy atom. The van der Waals surface area contributed by atoms with Crippen LogP contribution in [0.2, 0.25) is 5.02 Å². The molecule has 0 aliphatic carbocycles. The van der Waals surface area contributed by atoms with Crippen molar-refractivity contribution in [2.45, 2.75) is 13.5 Å². The second-order valence-corrected chi connectivity index (χ2v) is 8.23. The van der Waals surface area contributed by atoms with Gasteiger partial charge in [0, 0.05) is 18.8 Å². The summed E-state index contributed by atoms with van der Waals surface area (Å²) in [6.45, 7) is 1.89. The van der Waals surface area contributed by atoms with Crippen molar-refractivity contribution in [3.63, 3.8) is 0 Å². The van der Waals surface area contributed by atoms with Crippen molar-refractivity contribution < 1.29 is 29.3 Å². The number of urea groups is 1. The highest BCUT2D eigenvalue weighted by Gasteiger charge is 2.25. The van der Waals surface area contributed by atoms with Crippen LogP contribution in [-0.4, -0.2) is 41.3 Å². The lowest BCUT2D eigenvalue weighted by molar-refractivity contribution is -0.139. The maximum Gasteiger partial charge on any atom is 0.349 e. The Kier molecular flexibility index (Phi) is 7.92. The number of halogens is 1. The van der Waals surface area contributed by atoms with Crippen molar-refractivity contribution in [1.82, 2.24) is 5.32 Å². The first-order valence-electron chi connectivity index (χ1n) is 9.91. The number of hydrogen-bond acceptors (Lipinski definition) is 5. The van der Waals surface area contributed by atoms with E-state index in [1.54, 1.807) is 29.2 Å². The molecule has 0 unspecified atom stereocenters. The number of ether oxygens (including phenoxy) is 1. The van der Waals surface area contributed by atoms with Gasteiger partial charge in [-0.15, -0.1) is 11.3 Å². The van der Waals surface area contributed by atoms with Crippen molar-refractivity contribution in [2.75, 3.05) is 18.1 Å². The fourth-order valence-corrected chi connectivity index (χ4v) is 4.51. The molecule has 1 heterocycles. The quantitative estimate of drug-likeness (QED) is 0.391. The molecule has 33 heavy (non-hydrogen) atoms. The Hall–Kier alpha value is -3.56. The summed E-state index contributed by atoms with van der Waals surface area (Å²) in [6.07, 6.45) is 0. The topological polar surface area (TPSA) is 116 Å². The van der Waals surface area contributed by atoms with Gasteiger partial charge in [-0.05, 0) is 30.2 Å². The Labute approximate surface area is 199 Å². The monoisotopic (exact) mass is 488 g/mol. The average molecular weight is 489 g/mol. The van der Waals surface area contributed by atoms with E-state index in [0.717, 1.165) is 16.9 Å². The predicted molar refractivity (Wildman–Crippen MR) is 127 cm³/mol. The molecule has 3 aromatic rings. The minimum Gasteiger partial charge on any atom is -0.479 e. The zero-order valence-corrected chi connectivity index (χ0v) is 19.2. The van der Waals surface area contributed by atoms with E-state index < -0.39 is 18.5 Å². The van der Waals surface area contributed by atoms with Crippen molar-refractivity contribution in [3.8, 4) is 16.2 Å². The lowest BCUT2D eigenvalue weighted by Crippen LogP contribution is -2.39. The molecule has 0 atom stereocenters. The molecule has 0 radical (unpaired) electrons. The number of anilines is 1. The lowest BCUT2D eigenvalue weighted by Gasteiger charge is -2.22. The van der Waals surface area contributed by atoms with Crippen molar-refractivity contribution in [1.29, 1.82) is 0 Å². The Morgan fingerprint density at radius 1 is 1.09 bits per heavy atom. The first kappa shape index (κ1) is 24.1. The number of amides is 2. The van der Waals surface area contributed by atoms with Gasteiger partial charge < -0.3 is 20.3 Å². The SMILES string of the molecule is CCN(C(=O)NCc1ccccc1)c1cccc(-c2sc(C(=O)O)c(OCC(=O)O)c2Cl)c1. The summed E-state index contributed by atoms with van der Waals surface area (Å²) in [5, 5.41) is 21.2. The summed E-state index contributed by atoms with van der Waals surface area (Å²) >= 11 is 7.25. The number of thiophene rings is 1. The molecule has 172 valence electrons. The number of aliphatic carboxylic acids is 1. The lowest BCUT2D eigenvalue weighted by atomic mass is 10.1. The van der Waals surface area contributed by atoms with Crippen molar-refractivity contribution in [3.05, 3.63) is 70.1 Å². The van der Waals surface area contributed by atoms with Crippen molar-refractivity contribution in [2.24, 2.45) is 0 Å². The van der Waals surface area contributed by atoms with Crippen LogP contribution in [0.1, 0.15) is 22.2 Å². The third-order valence-electron chi connectivity index (χ3n) is 4.61. The highest BCUT2D eigenvalue weighted by atomic mass is 35.5. The van der Waals surface area contributed by atoms with Crippen molar-refractivity contribution >= 4 is 46.6 Å². The second-order valence-electron chi connectivity index (χ2n) is 6.83. The van der Waals surface area contributed by atoms with E-state index in [1.165, 1.54) is 0 Å². The van der Waals surface area contributed by atoms with Gasteiger partial charge in [0.1, 0.15) is 5.02 Å². The maximum absolute atomic E-state index is 12.8. The van der Waals surface area contributed by atoms with E-state index in [-0.39, 0.29) is 21.7 Å². The molecule has 0 saturated carbocycles. The van der Waals surface area contributed by atoms with Gasteiger partial charge in [0.05, 0.1) is 4.88 Å². The van der Waals surface area contributed by atoms with E-state index >= 15 is 0 Å². The molecule has 2 aromatic carbocycles. The van der Waals surface area contributed by atoms with Gasteiger partial charge >= 0.3 is 18.0 Å². The first-order chi connectivity index (χ1) is 15.8. The van der Waals surface area contributed by atoms with Crippen LogP contribution in [0.4, 0.5) is 10.5 Å². The third-order valence-corrected chi connectivity index (χ3v) is 6.29. The van der Waals surface area contributed by atoms with Crippen LogP contribution in [0.15, 0.2) is 54.6 Å². The minimum atomic E-state index is -1.28. The second kappa shape index (κ2) is 10.8. The highest BCUT2D eigenvalue weighted by Crippen LogP contribution is 2.46. The van der Waals surface area contributed by atoms with E-state index in [4.69, 9.17) is 21.4 Å². The van der Waals surface area contributed by atoms with E-state index in [2.05, 4.69) is 5.32 Å². The molecule has 0 aliphatic rings. The van der Waals surface area contributed by atoms with E-state index in [9.17, 15) is 19.5 Å². The largest absolute Gasteiger partial charge is 0.479 e. The van der Waals surface area contributed by atoms with E-state index in [1.807, 2.05) is 37.3 Å². The number of carboxylic acid groups (broad SMARTS) is 2. The Morgan fingerprint density at radius 3 is 2.45 bits per heavy atom. The number of nitrogens with one attached hydrogen (secondary N) is 1. The number of carboxylic acids is 2. The summed E-state index contributed by atoms with van der Waals surface area (Å²) in [6, 6.07) is 16.2. The zero-order chi connectivity index (χ0) is 24.0. The number of rotatable bonds is 9. The van der Waals surface area contributed by atoms with E-state index in [0.29, 0.717) is 29.2 Å². The third kappa shape index (κ3) is 5.82. The minimum absolute atomic E-state index is 0.00683. The van der Waals surface area contributed by atoms with Crippen LogP contribution >= 0.6 is 22.9 Å². The van der Waals surface area contributed by atoms with Gasteiger partial charge in [-0.25, -0.2) is 14.4 Å². The molecule has 0 spiro atoms. The Bertz CT molecular complexity index is 1170. The molecule has 1 aromatic heterocycles. The number of aromatic carboxylic acids is 1. The molecular formula is C23H21ClN2O6S. The van der Waals surface area contributed by atoms with Crippen LogP contribution in [0.5, 0.6) is 5.75 Å². The fourth-order valence-electron chi connectivity index (χ4n) is 3.11. The first-order valence-corrected chi connectivity index (χ1v) is 11.1. The molecule has 3 rings (SSSR count). The maximum atomic E-state index is 12.8. The Balaban J connectivity index is 1.87. The molecule has 0 saturated heterocycles. The number of hydrogen-bond donors (Lipinski definition) is 3. The summed E-state index contributed by atoms with van der Waals surface area (Å²) in [5.41, 5.74) is 2.13. The van der Waals surface area contributed by atoms with Crippen LogP contribution < -0.4 is 15.0 Å². The van der Waals surface area contributed by atoms with Gasteiger partial charge in [-0.3, -0.25) is 4.90 Å². The number of carbonyl (C=O) groups is 3. The van der Waals surface area contributed by atoms with Gasteiger partial charge in [0.15, 0.2) is 17.2 Å². The fraction of sp³-hybridized carbons (Fsp3) is 0.174. The predicted octanol–water partition coefficient (Wildman–Crippen LogP) is 4.97. The normalized spacial score (nSPS) is 10.5. The molecule has 0 fully saturated rings. The molecule has 2 amide bonds. The van der Waals surface area contributed by atoms with Crippen LogP contribution in [0.3, 0.4) is 0 Å². The van der Waals surface area contributed by atoms with Gasteiger partial charge in [0.25, 0.3) is 0 Å². The summed E-state index contributed by atoms with van der Waals surface area (Å²) < 4.78 is 5.13. The van der Waals surface area contributed by atoms with Gasteiger partial charge in [-0.1, -0.05) is 54.1 Å². The molecule has 0 bridgehead atoms. The summed E-state index contributed by atoms with van der Waals surface area (Å²) in [7, 11) is 0.